The van der Waals surface area contributed by atoms with Crippen molar-refractivity contribution >= 4 is 22.6 Å². The van der Waals surface area contributed by atoms with Crippen LogP contribution in [0, 0.1) is 19.7 Å². The lowest BCUT2D eigenvalue weighted by atomic mass is 10.2. The normalized spacial score (nSPS) is 11.2. The number of hydrogen-bond acceptors (Lipinski definition) is 4. The number of nitrogens with one attached hydrogen (secondary N) is 1. The molecule has 0 aliphatic carbocycles. The minimum atomic E-state index is -0.629. The van der Waals surface area contributed by atoms with E-state index in [1.807, 2.05) is 32.0 Å². The lowest BCUT2D eigenvalue weighted by molar-refractivity contribution is -0.116. The number of carbonyl (C=O) groups excluding carboxylic acids is 1. The summed E-state index contributed by atoms with van der Waals surface area (Å²) in [5.41, 5.74) is 2.06. The number of amides is 1. The Balaban J connectivity index is 1.83. The summed E-state index contributed by atoms with van der Waals surface area (Å²) in [6.45, 7) is 5.50. The molecule has 0 fully saturated rings. The molecule has 170 valence electrons. The first kappa shape index (κ1) is 22.2. The summed E-state index contributed by atoms with van der Waals surface area (Å²) < 4.78 is 17.2. The van der Waals surface area contributed by atoms with Gasteiger partial charge in [-0.15, -0.1) is 0 Å². The largest absolute Gasteiger partial charge is 0.332 e. The number of para-hydroxylation sites is 1. The van der Waals surface area contributed by atoms with Gasteiger partial charge in [0.15, 0.2) is 5.52 Å². The molecule has 2 aromatic heterocycles. The lowest BCUT2D eigenvalue weighted by Gasteiger charge is -2.14. The van der Waals surface area contributed by atoms with Crippen LogP contribution in [-0.4, -0.2) is 24.8 Å². The molecule has 33 heavy (non-hydrogen) atoms. The van der Waals surface area contributed by atoms with Crippen molar-refractivity contribution in [3.63, 3.8) is 0 Å². The molecular weight excluding hydrogens is 425 g/mol. The molecule has 0 saturated carbocycles. The quantitative estimate of drug-likeness (QED) is 0.490. The molecule has 0 aliphatic heterocycles. The van der Waals surface area contributed by atoms with Crippen LogP contribution < -0.4 is 16.6 Å². The summed E-state index contributed by atoms with van der Waals surface area (Å²) in [5, 5.41) is 7.22. The summed E-state index contributed by atoms with van der Waals surface area (Å²) in [4.78, 5) is 39.6. The summed E-state index contributed by atoms with van der Waals surface area (Å²) in [6.07, 6.45) is 0. The number of aryl methyl sites for hydroxylation is 3. The van der Waals surface area contributed by atoms with E-state index in [0.717, 1.165) is 10.1 Å². The third-order valence-corrected chi connectivity index (χ3v) is 5.55. The van der Waals surface area contributed by atoms with Crippen LogP contribution in [0.25, 0.3) is 11.0 Å². The van der Waals surface area contributed by atoms with Gasteiger partial charge in [-0.1, -0.05) is 30.3 Å². The standard InChI is InChI=1S/C24H24FN5O3/c1-4-30-22-21(16(3)27-30)28(14-20(31)26-19-8-6-5-7-15(19)2)24(33)29(23(22)32)13-17-9-11-18(25)12-10-17/h5-12H,4,13-14H2,1-3H3,(H,26,31). The Morgan fingerprint density at radius 2 is 1.70 bits per heavy atom. The number of aromatic nitrogens is 4. The highest BCUT2D eigenvalue weighted by atomic mass is 19.1. The second-order valence-electron chi connectivity index (χ2n) is 7.85. The van der Waals surface area contributed by atoms with Crippen LogP contribution in [0.2, 0.25) is 0 Å². The molecule has 0 radical (unpaired) electrons. The zero-order valence-corrected chi connectivity index (χ0v) is 18.6. The Bertz CT molecular complexity index is 1460. The Kier molecular flexibility index (Phi) is 5.95. The van der Waals surface area contributed by atoms with Gasteiger partial charge in [0.25, 0.3) is 5.56 Å². The highest BCUT2D eigenvalue weighted by molar-refractivity contribution is 5.92. The van der Waals surface area contributed by atoms with E-state index in [9.17, 15) is 18.8 Å². The maximum absolute atomic E-state index is 13.4. The molecule has 2 aromatic carbocycles. The van der Waals surface area contributed by atoms with Crippen LogP contribution in [0.5, 0.6) is 0 Å². The van der Waals surface area contributed by atoms with E-state index in [2.05, 4.69) is 10.4 Å². The van der Waals surface area contributed by atoms with Gasteiger partial charge in [-0.05, 0) is 50.1 Å². The number of fused-ring (bicyclic) bond motifs is 1. The average molecular weight is 449 g/mol. The van der Waals surface area contributed by atoms with Crippen molar-refractivity contribution < 1.29 is 9.18 Å². The van der Waals surface area contributed by atoms with E-state index in [4.69, 9.17) is 0 Å². The smallest absolute Gasteiger partial charge is 0.324 e. The molecular formula is C24H24FN5O3. The molecule has 0 aliphatic rings. The fourth-order valence-electron chi connectivity index (χ4n) is 3.90. The molecule has 2 heterocycles. The van der Waals surface area contributed by atoms with Gasteiger partial charge in [0, 0.05) is 12.2 Å². The maximum Gasteiger partial charge on any atom is 0.332 e. The maximum atomic E-state index is 13.4. The van der Waals surface area contributed by atoms with Crippen molar-refractivity contribution in [3.05, 3.63) is 92.0 Å². The van der Waals surface area contributed by atoms with Gasteiger partial charge >= 0.3 is 5.69 Å². The summed E-state index contributed by atoms with van der Waals surface area (Å²) >= 11 is 0. The van der Waals surface area contributed by atoms with Gasteiger partial charge < -0.3 is 5.32 Å². The zero-order valence-electron chi connectivity index (χ0n) is 18.6. The van der Waals surface area contributed by atoms with Crippen LogP contribution in [0.4, 0.5) is 10.1 Å². The van der Waals surface area contributed by atoms with Crippen molar-refractivity contribution in [1.29, 1.82) is 0 Å². The van der Waals surface area contributed by atoms with Crippen LogP contribution in [0.15, 0.2) is 58.1 Å². The SMILES string of the molecule is CCn1nc(C)c2c1c(=O)n(Cc1ccc(F)cc1)c(=O)n2CC(=O)Nc1ccccc1C. The molecule has 8 nitrogen and oxygen atoms in total. The predicted octanol–water partition coefficient (Wildman–Crippen LogP) is 2.82. The van der Waals surface area contributed by atoms with Crippen LogP contribution in [0.3, 0.4) is 0 Å². The molecule has 0 bridgehead atoms. The highest BCUT2D eigenvalue weighted by Crippen LogP contribution is 2.16. The molecule has 4 aromatic rings. The molecule has 4 rings (SSSR count). The molecule has 1 amide bonds. The van der Waals surface area contributed by atoms with Gasteiger partial charge in [0.05, 0.1) is 12.2 Å². The minimum Gasteiger partial charge on any atom is -0.324 e. The Hall–Kier alpha value is -4.01. The van der Waals surface area contributed by atoms with E-state index in [1.165, 1.54) is 33.5 Å². The van der Waals surface area contributed by atoms with Gasteiger partial charge in [-0.25, -0.2) is 9.18 Å². The lowest BCUT2D eigenvalue weighted by Crippen LogP contribution is -2.42. The number of carbonyl (C=O) groups is 1. The van der Waals surface area contributed by atoms with E-state index < -0.39 is 23.0 Å². The molecule has 0 saturated heterocycles. The summed E-state index contributed by atoms with van der Waals surface area (Å²) in [5.74, 6) is -0.810. The molecule has 0 unspecified atom stereocenters. The van der Waals surface area contributed by atoms with Gasteiger partial charge in [0.1, 0.15) is 17.9 Å². The minimum absolute atomic E-state index is 0.0543. The highest BCUT2D eigenvalue weighted by Gasteiger charge is 2.22. The molecule has 0 spiro atoms. The van der Waals surface area contributed by atoms with Crippen molar-refractivity contribution in [2.75, 3.05) is 5.32 Å². The second kappa shape index (κ2) is 8.85. The molecule has 1 N–H and O–H groups in total. The fourth-order valence-corrected chi connectivity index (χ4v) is 3.90. The first-order valence-corrected chi connectivity index (χ1v) is 10.6. The fraction of sp³-hybridized carbons (Fsp3) is 0.250. The van der Waals surface area contributed by atoms with Gasteiger partial charge in [0.2, 0.25) is 5.91 Å². The Morgan fingerprint density at radius 1 is 1.00 bits per heavy atom. The Labute approximate surface area is 188 Å². The zero-order chi connectivity index (χ0) is 23.7. The predicted molar refractivity (Wildman–Crippen MR) is 124 cm³/mol. The summed E-state index contributed by atoms with van der Waals surface area (Å²) in [6, 6.07) is 12.9. The van der Waals surface area contributed by atoms with E-state index in [0.29, 0.717) is 29.0 Å². The van der Waals surface area contributed by atoms with E-state index >= 15 is 0 Å². The number of anilines is 1. The molecule has 9 heteroatoms. The second-order valence-corrected chi connectivity index (χ2v) is 7.85. The van der Waals surface area contributed by atoms with Crippen molar-refractivity contribution in [2.24, 2.45) is 0 Å². The van der Waals surface area contributed by atoms with Crippen molar-refractivity contribution in [1.82, 2.24) is 18.9 Å². The van der Waals surface area contributed by atoms with Crippen molar-refractivity contribution in [2.45, 2.75) is 40.4 Å². The van der Waals surface area contributed by atoms with E-state index in [-0.39, 0.29) is 18.6 Å². The third kappa shape index (κ3) is 4.21. The number of nitrogens with zero attached hydrogens (tertiary/aromatic N) is 4. The topological polar surface area (TPSA) is 90.9 Å². The van der Waals surface area contributed by atoms with Crippen LogP contribution in [0.1, 0.15) is 23.7 Å². The van der Waals surface area contributed by atoms with E-state index in [1.54, 1.807) is 13.0 Å². The number of benzene rings is 2. The van der Waals surface area contributed by atoms with Crippen LogP contribution in [-0.2, 0) is 24.4 Å². The van der Waals surface area contributed by atoms with Gasteiger partial charge in [-0.3, -0.25) is 23.4 Å². The Morgan fingerprint density at radius 3 is 2.36 bits per heavy atom. The van der Waals surface area contributed by atoms with Gasteiger partial charge in [-0.2, -0.15) is 5.10 Å². The van der Waals surface area contributed by atoms with Crippen LogP contribution >= 0.6 is 0 Å². The first-order valence-electron chi connectivity index (χ1n) is 10.6. The average Bonchev–Trinajstić information content (AvgIpc) is 3.13. The number of rotatable bonds is 6. The number of halogens is 1. The number of hydrogen-bond donors (Lipinski definition) is 1. The first-order chi connectivity index (χ1) is 15.8. The summed E-state index contributed by atoms with van der Waals surface area (Å²) in [7, 11) is 0. The molecule has 0 atom stereocenters. The monoisotopic (exact) mass is 449 g/mol. The van der Waals surface area contributed by atoms with Crippen molar-refractivity contribution in [3.8, 4) is 0 Å². The third-order valence-electron chi connectivity index (χ3n) is 5.55.